The topological polar surface area (TPSA) is 59.2 Å². The van der Waals surface area contributed by atoms with Gasteiger partial charge in [0.05, 0.1) is 36.6 Å². The summed E-state index contributed by atoms with van der Waals surface area (Å²) in [6.45, 7) is 5.84. The molecule has 0 spiro atoms. The van der Waals surface area contributed by atoms with E-state index in [-0.39, 0.29) is 6.04 Å². The monoisotopic (exact) mass is 373 g/mol. The molecule has 2 aromatic carbocycles. The van der Waals surface area contributed by atoms with Gasteiger partial charge in [-0.15, -0.1) is 0 Å². The molecule has 1 N–H and O–H groups in total. The van der Waals surface area contributed by atoms with Gasteiger partial charge in [0.2, 0.25) is 0 Å². The lowest BCUT2D eigenvalue weighted by molar-refractivity contribution is 0.287. The third-order valence-electron chi connectivity index (χ3n) is 4.95. The first-order valence-corrected chi connectivity index (χ1v) is 9.58. The largest absolute Gasteiger partial charge is 0.490 e. The molecule has 0 unspecified atom stereocenters. The maximum absolute atomic E-state index is 9.07. The second-order valence-corrected chi connectivity index (χ2v) is 6.64. The molecular weight excluding hydrogens is 350 g/mol. The number of aromatic nitrogens is 1. The van der Waals surface area contributed by atoms with Crippen molar-refractivity contribution in [2.45, 2.75) is 26.4 Å². The molecule has 1 aliphatic rings. The van der Waals surface area contributed by atoms with Gasteiger partial charge in [-0.2, -0.15) is 5.26 Å². The van der Waals surface area contributed by atoms with Crippen LogP contribution < -0.4 is 14.8 Å². The minimum atomic E-state index is 0.0289. The Morgan fingerprint density at radius 1 is 1.07 bits per heavy atom. The molecule has 142 valence electrons. The van der Waals surface area contributed by atoms with Crippen LogP contribution in [0, 0.1) is 11.3 Å². The number of rotatable bonds is 5. The second-order valence-electron chi connectivity index (χ2n) is 6.64. The summed E-state index contributed by atoms with van der Waals surface area (Å²) in [6.07, 6.45) is 2.08. The minimum absolute atomic E-state index is 0.0289. The normalized spacial score (nSPS) is 15.1. The molecule has 0 radical (unpaired) electrons. The molecule has 4 rings (SSSR count). The molecule has 2 heterocycles. The van der Waals surface area contributed by atoms with Crippen LogP contribution in [0.3, 0.4) is 0 Å². The van der Waals surface area contributed by atoms with E-state index < -0.39 is 0 Å². The zero-order valence-electron chi connectivity index (χ0n) is 16.1. The number of ether oxygens (including phenoxy) is 2. The van der Waals surface area contributed by atoms with E-state index in [2.05, 4.69) is 46.4 Å². The van der Waals surface area contributed by atoms with E-state index in [0.29, 0.717) is 25.3 Å². The standard InChI is InChI=1S/C23H23N3O2/c1-3-27-21-12-18-15-25-23(17-9-7-16(14-24)8-10-17)19-6-5-11-26(19)20(18)13-22(21)28-4-2/h5-13,23,25H,3-4,15H2,1-2H3/t23-/m0/s1. The van der Waals surface area contributed by atoms with E-state index >= 15 is 0 Å². The van der Waals surface area contributed by atoms with Crippen LogP contribution in [0.4, 0.5) is 0 Å². The minimum Gasteiger partial charge on any atom is -0.490 e. The van der Waals surface area contributed by atoms with Crippen molar-refractivity contribution in [1.82, 2.24) is 9.88 Å². The lowest BCUT2D eigenvalue weighted by Crippen LogP contribution is -2.21. The van der Waals surface area contributed by atoms with E-state index in [1.165, 1.54) is 0 Å². The molecular formula is C23H23N3O2. The Bertz CT molecular complexity index is 1020. The molecule has 0 bridgehead atoms. The van der Waals surface area contributed by atoms with Gasteiger partial charge in [-0.3, -0.25) is 0 Å². The quantitative estimate of drug-likeness (QED) is 0.723. The van der Waals surface area contributed by atoms with E-state index in [9.17, 15) is 0 Å². The van der Waals surface area contributed by atoms with Gasteiger partial charge in [-0.25, -0.2) is 0 Å². The average Bonchev–Trinajstić information content (AvgIpc) is 3.14. The van der Waals surface area contributed by atoms with Gasteiger partial charge in [0.15, 0.2) is 11.5 Å². The molecule has 28 heavy (non-hydrogen) atoms. The summed E-state index contributed by atoms with van der Waals surface area (Å²) in [7, 11) is 0. The molecule has 5 nitrogen and oxygen atoms in total. The van der Waals surface area contributed by atoms with Gasteiger partial charge in [-0.05, 0) is 55.3 Å². The van der Waals surface area contributed by atoms with Crippen LogP contribution in [-0.2, 0) is 6.54 Å². The Morgan fingerprint density at radius 3 is 2.46 bits per heavy atom. The van der Waals surface area contributed by atoms with Gasteiger partial charge in [-0.1, -0.05) is 12.1 Å². The first-order valence-electron chi connectivity index (χ1n) is 9.58. The van der Waals surface area contributed by atoms with E-state index in [0.717, 1.165) is 34.0 Å². The van der Waals surface area contributed by atoms with Crippen molar-refractivity contribution in [3.05, 3.63) is 77.1 Å². The molecule has 0 saturated heterocycles. The van der Waals surface area contributed by atoms with E-state index in [1.54, 1.807) is 0 Å². The van der Waals surface area contributed by atoms with E-state index in [4.69, 9.17) is 14.7 Å². The first kappa shape index (κ1) is 18.1. The van der Waals surface area contributed by atoms with Crippen molar-refractivity contribution < 1.29 is 9.47 Å². The van der Waals surface area contributed by atoms with Crippen LogP contribution in [0.5, 0.6) is 11.5 Å². The fraction of sp³-hybridized carbons (Fsp3) is 0.261. The maximum Gasteiger partial charge on any atom is 0.163 e. The summed E-state index contributed by atoms with van der Waals surface area (Å²) in [6, 6.07) is 18.3. The van der Waals surface area contributed by atoms with Gasteiger partial charge in [0.25, 0.3) is 0 Å². The second kappa shape index (κ2) is 7.79. The summed E-state index contributed by atoms with van der Waals surface area (Å²) in [5, 5.41) is 12.7. The Morgan fingerprint density at radius 2 is 1.79 bits per heavy atom. The number of nitrogens with zero attached hydrogens (tertiary/aromatic N) is 2. The van der Waals surface area contributed by atoms with Crippen LogP contribution >= 0.6 is 0 Å². The predicted molar refractivity (Wildman–Crippen MR) is 108 cm³/mol. The van der Waals surface area contributed by atoms with Crippen LogP contribution in [0.15, 0.2) is 54.7 Å². The molecule has 0 saturated carbocycles. The van der Waals surface area contributed by atoms with Crippen LogP contribution in [0.25, 0.3) is 5.69 Å². The molecule has 3 aromatic rings. The van der Waals surface area contributed by atoms with Gasteiger partial charge >= 0.3 is 0 Å². The predicted octanol–water partition coefficient (Wildman–Crippen LogP) is 4.34. The SMILES string of the molecule is CCOc1cc2c(cc1OCC)-n1cccc1[C@H](c1ccc(C#N)cc1)NC2. The van der Waals surface area contributed by atoms with Crippen molar-refractivity contribution in [2.24, 2.45) is 0 Å². The summed E-state index contributed by atoms with van der Waals surface area (Å²) in [5.74, 6) is 1.54. The summed E-state index contributed by atoms with van der Waals surface area (Å²) in [5.41, 5.74) is 5.19. The molecule has 0 aliphatic carbocycles. The highest BCUT2D eigenvalue weighted by atomic mass is 16.5. The Balaban J connectivity index is 1.79. The van der Waals surface area contributed by atoms with Crippen LogP contribution in [0.2, 0.25) is 0 Å². The third-order valence-corrected chi connectivity index (χ3v) is 4.95. The molecule has 0 fully saturated rings. The molecule has 5 heteroatoms. The lowest BCUT2D eigenvalue weighted by atomic mass is 10.0. The Kier molecular flexibility index (Phi) is 5.05. The summed E-state index contributed by atoms with van der Waals surface area (Å²) in [4.78, 5) is 0. The molecule has 1 atom stereocenters. The van der Waals surface area contributed by atoms with Gasteiger partial charge < -0.3 is 19.4 Å². The average molecular weight is 373 g/mol. The fourth-order valence-electron chi connectivity index (χ4n) is 3.70. The van der Waals surface area contributed by atoms with Crippen molar-refractivity contribution in [1.29, 1.82) is 5.26 Å². The maximum atomic E-state index is 9.07. The number of nitriles is 1. The van der Waals surface area contributed by atoms with Crippen molar-refractivity contribution in [2.75, 3.05) is 13.2 Å². The zero-order chi connectivity index (χ0) is 19.5. The van der Waals surface area contributed by atoms with Crippen LogP contribution in [0.1, 0.15) is 42.3 Å². The smallest absolute Gasteiger partial charge is 0.163 e. The first-order chi connectivity index (χ1) is 13.7. The van der Waals surface area contributed by atoms with Crippen molar-refractivity contribution >= 4 is 0 Å². The number of benzene rings is 2. The number of nitrogens with one attached hydrogen (secondary N) is 1. The highest BCUT2D eigenvalue weighted by Gasteiger charge is 2.24. The zero-order valence-corrected chi connectivity index (χ0v) is 16.1. The van der Waals surface area contributed by atoms with Crippen molar-refractivity contribution in [3.8, 4) is 23.3 Å². The number of hydrogen-bond acceptors (Lipinski definition) is 4. The van der Waals surface area contributed by atoms with Gasteiger partial charge in [0, 0.05) is 24.5 Å². The van der Waals surface area contributed by atoms with Crippen molar-refractivity contribution in [3.63, 3.8) is 0 Å². The lowest BCUT2D eigenvalue weighted by Gasteiger charge is -2.18. The van der Waals surface area contributed by atoms with Gasteiger partial charge in [0.1, 0.15) is 0 Å². The molecule has 0 amide bonds. The highest BCUT2D eigenvalue weighted by Crippen LogP contribution is 2.37. The van der Waals surface area contributed by atoms with Crippen LogP contribution in [-0.4, -0.2) is 17.8 Å². The Labute approximate surface area is 165 Å². The third kappa shape index (κ3) is 3.23. The summed E-state index contributed by atoms with van der Waals surface area (Å²) >= 11 is 0. The Hall–Kier alpha value is -3.23. The highest BCUT2D eigenvalue weighted by molar-refractivity contribution is 5.56. The molecule has 1 aliphatic heterocycles. The summed E-state index contributed by atoms with van der Waals surface area (Å²) < 4.78 is 13.9. The number of fused-ring (bicyclic) bond motifs is 3. The molecule has 1 aromatic heterocycles. The van der Waals surface area contributed by atoms with E-state index in [1.807, 2.05) is 38.1 Å². The number of hydrogen-bond donors (Lipinski definition) is 1. The fourth-order valence-corrected chi connectivity index (χ4v) is 3.70.